The van der Waals surface area contributed by atoms with E-state index >= 15 is 0 Å². The first-order chi connectivity index (χ1) is 6.56. The van der Waals surface area contributed by atoms with Crippen molar-refractivity contribution in [3.63, 3.8) is 0 Å². The third kappa shape index (κ3) is 8.85. The summed E-state index contributed by atoms with van der Waals surface area (Å²) in [6.45, 7) is 8.96. The van der Waals surface area contributed by atoms with Crippen LogP contribution in [0, 0.1) is 5.92 Å². The van der Waals surface area contributed by atoms with E-state index < -0.39 is 0 Å². The summed E-state index contributed by atoms with van der Waals surface area (Å²) in [4.78, 5) is 0. The van der Waals surface area contributed by atoms with Crippen molar-refractivity contribution in [1.29, 1.82) is 0 Å². The first kappa shape index (κ1) is 14.3. The molecule has 0 spiro atoms. The molecule has 0 radical (unpaired) electrons. The molecule has 0 aromatic heterocycles. The molecule has 1 atom stereocenters. The Morgan fingerprint density at radius 3 is 2.29 bits per heavy atom. The van der Waals surface area contributed by atoms with Gasteiger partial charge in [-0.15, -0.1) is 0 Å². The van der Waals surface area contributed by atoms with Crippen molar-refractivity contribution in [2.24, 2.45) is 5.92 Å². The van der Waals surface area contributed by atoms with Gasteiger partial charge in [0.2, 0.25) is 0 Å². The monoisotopic (exact) mass is 219 g/mol. The molecule has 0 aliphatic heterocycles. The zero-order chi connectivity index (χ0) is 11.0. The van der Waals surface area contributed by atoms with E-state index in [0.717, 1.165) is 11.7 Å². The van der Waals surface area contributed by atoms with Crippen molar-refractivity contribution in [3.8, 4) is 0 Å². The second kappa shape index (κ2) is 8.57. The summed E-state index contributed by atoms with van der Waals surface area (Å²) < 4.78 is 0. The molecule has 2 N–H and O–H groups in total. The normalized spacial score (nSPS) is 13.9. The Kier molecular flexibility index (Phi) is 8.73. The summed E-state index contributed by atoms with van der Waals surface area (Å²) in [6.07, 6.45) is 1.27. The highest BCUT2D eigenvalue weighted by Crippen LogP contribution is 2.10. The van der Waals surface area contributed by atoms with E-state index in [4.69, 9.17) is 5.11 Å². The van der Waals surface area contributed by atoms with Crippen LogP contribution < -0.4 is 5.32 Å². The molecule has 0 fully saturated rings. The molecule has 14 heavy (non-hydrogen) atoms. The maximum atomic E-state index is 9.11. The highest BCUT2D eigenvalue weighted by molar-refractivity contribution is 7.99. The summed E-state index contributed by atoms with van der Waals surface area (Å²) in [5.41, 5.74) is 0. The molecule has 1 unspecified atom stereocenters. The molecule has 86 valence electrons. The first-order valence-electron chi connectivity index (χ1n) is 5.51. The Morgan fingerprint density at radius 1 is 1.21 bits per heavy atom. The van der Waals surface area contributed by atoms with Crippen LogP contribution in [0.15, 0.2) is 0 Å². The van der Waals surface area contributed by atoms with Gasteiger partial charge in [0.25, 0.3) is 0 Å². The van der Waals surface area contributed by atoms with Gasteiger partial charge in [-0.25, -0.2) is 0 Å². The van der Waals surface area contributed by atoms with E-state index in [2.05, 4.69) is 33.0 Å². The zero-order valence-electron chi connectivity index (χ0n) is 9.92. The maximum Gasteiger partial charge on any atom is 0.0592 e. The lowest BCUT2D eigenvalue weighted by Gasteiger charge is -2.18. The van der Waals surface area contributed by atoms with Gasteiger partial charge in [0.05, 0.1) is 6.61 Å². The molecule has 3 heteroatoms. The predicted octanol–water partition coefficient (Wildman–Crippen LogP) is 2.12. The van der Waals surface area contributed by atoms with Crippen LogP contribution in [0.2, 0.25) is 0 Å². The lowest BCUT2D eigenvalue weighted by Crippen LogP contribution is -2.39. The molecule has 0 aromatic carbocycles. The summed E-state index contributed by atoms with van der Waals surface area (Å²) in [6, 6.07) is 0.713. The molecular weight excluding hydrogens is 194 g/mol. The fourth-order valence-electron chi connectivity index (χ4n) is 1.17. The number of aliphatic hydroxyl groups excluding tert-OH is 1. The Labute approximate surface area is 92.9 Å². The van der Waals surface area contributed by atoms with Crippen LogP contribution in [0.4, 0.5) is 0 Å². The minimum Gasteiger partial charge on any atom is -0.395 e. The van der Waals surface area contributed by atoms with Crippen molar-refractivity contribution in [2.75, 3.05) is 18.1 Å². The van der Waals surface area contributed by atoms with Crippen molar-refractivity contribution in [3.05, 3.63) is 0 Å². The summed E-state index contributed by atoms with van der Waals surface area (Å²) >= 11 is 1.93. The van der Waals surface area contributed by atoms with Crippen LogP contribution in [0.1, 0.15) is 34.1 Å². The molecule has 0 amide bonds. The Bertz CT molecular complexity index is 128. The largest absolute Gasteiger partial charge is 0.395 e. The average molecular weight is 219 g/mol. The summed E-state index contributed by atoms with van der Waals surface area (Å²) in [7, 11) is 0. The summed E-state index contributed by atoms with van der Waals surface area (Å²) in [5.74, 6) is 3.00. The van der Waals surface area contributed by atoms with E-state index in [-0.39, 0.29) is 12.6 Å². The number of hydrogen-bond donors (Lipinski definition) is 2. The molecule has 2 nitrogen and oxygen atoms in total. The number of hydrogen-bond acceptors (Lipinski definition) is 3. The molecule has 0 aliphatic carbocycles. The molecular formula is C11H25NOS. The lowest BCUT2D eigenvalue weighted by atomic mass is 10.2. The van der Waals surface area contributed by atoms with Gasteiger partial charge in [0.1, 0.15) is 0 Å². The van der Waals surface area contributed by atoms with Crippen molar-refractivity contribution >= 4 is 11.8 Å². The number of aliphatic hydroxyl groups is 1. The quantitative estimate of drug-likeness (QED) is 0.613. The van der Waals surface area contributed by atoms with Crippen molar-refractivity contribution in [2.45, 2.75) is 46.2 Å². The first-order valence-corrected chi connectivity index (χ1v) is 6.66. The summed E-state index contributed by atoms with van der Waals surface area (Å²) in [5, 5.41) is 12.5. The van der Waals surface area contributed by atoms with Gasteiger partial charge in [0, 0.05) is 17.8 Å². The van der Waals surface area contributed by atoms with Crippen molar-refractivity contribution < 1.29 is 5.11 Å². The van der Waals surface area contributed by atoms with Crippen LogP contribution >= 0.6 is 11.8 Å². The maximum absolute atomic E-state index is 9.11. The molecule has 0 bridgehead atoms. The van der Waals surface area contributed by atoms with Gasteiger partial charge in [-0.1, -0.05) is 27.7 Å². The van der Waals surface area contributed by atoms with Gasteiger partial charge in [0.15, 0.2) is 0 Å². The molecule has 0 saturated carbocycles. The highest BCUT2D eigenvalue weighted by Gasteiger charge is 2.08. The number of rotatable bonds is 8. The third-order valence-electron chi connectivity index (χ3n) is 1.95. The molecule has 0 aromatic rings. The lowest BCUT2D eigenvalue weighted by molar-refractivity contribution is 0.247. The van der Waals surface area contributed by atoms with Crippen molar-refractivity contribution in [1.82, 2.24) is 5.32 Å². The fourth-order valence-corrected chi connectivity index (χ4v) is 2.46. The van der Waals surface area contributed by atoms with Crippen LogP contribution in [0.5, 0.6) is 0 Å². The predicted molar refractivity (Wildman–Crippen MR) is 65.9 cm³/mol. The molecule has 0 saturated heterocycles. The fraction of sp³-hybridized carbons (Fsp3) is 1.00. The Hall–Kier alpha value is 0.270. The van der Waals surface area contributed by atoms with Gasteiger partial charge < -0.3 is 10.4 Å². The highest BCUT2D eigenvalue weighted by atomic mass is 32.2. The Balaban J connectivity index is 3.43. The zero-order valence-corrected chi connectivity index (χ0v) is 10.7. The average Bonchev–Trinajstić information content (AvgIpc) is 2.09. The van der Waals surface area contributed by atoms with Crippen LogP contribution in [-0.4, -0.2) is 35.3 Å². The minimum atomic E-state index is 0.243. The van der Waals surface area contributed by atoms with E-state index in [1.54, 1.807) is 0 Å². The number of thioether (sulfide) groups is 1. The Morgan fingerprint density at radius 2 is 1.86 bits per heavy atom. The molecule has 0 aliphatic rings. The second-order valence-electron chi connectivity index (χ2n) is 4.46. The van der Waals surface area contributed by atoms with Gasteiger partial charge in [-0.2, -0.15) is 11.8 Å². The van der Waals surface area contributed by atoms with E-state index in [9.17, 15) is 0 Å². The van der Waals surface area contributed by atoms with Gasteiger partial charge >= 0.3 is 0 Å². The minimum absolute atomic E-state index is 0.243. The SMILES string of the molecule is CC(C)CCSCC(CO)NC(C)C. The van der Waals surface area contributed by atoms with Crippen LogP contribution in [-0.2, 0) is 0 Å². The van der Waals surface area contributed by atoms with Crippen LogP contribution in [0.25, 0.3) is 0 Å². The molecule has 0 rings (SSSR count). The van der Waals surface area contributed by atoms with Gasteiger partial charge in [-0.3, -0.25) is 0 Å². The topological polar surface area (TPSA) is 32.3 Å². The number of nitrogens with one attached hydrogen (secondary N) is 1. The van der Waals surface area contributed by atoms with Crippen LogP contribution in [0.3, 0.4) is 0 Å². The van der Waals surface area contributed by atoms with E-state index in [1.165, 1.54) is 12.2 Å². The smallest absolute Gasteiger partial charge is 0.0592 e. The third-order valence-corrected chi connectivity index (χ3v) is 3.11. The van der Waals surface area contributed by atoms with E-state index in [0.29, 0.717) is 6.04 Å². The standard InChI is InChI=1S/C11H25NOS/c1-9(2)5-6-14-8-11(7-13)12-10(3)4/h9-13H,5-8H2,1-4H3. The van der Waals surface area contributed by atoms with E-state index in [1.807, 2.05) is 11.8 Å². The van der Waals surface area contributed by atoms with Gasteiger partial charge in [-0.05, 0) is 18.1 Å². The molecule has 0 heterocycles. The second-order valence-corrected chi connectivity index (χ2v) is 5.61.